The van der Waals surface area contributed by atoms with E-state index in [1.165, 1.54) is 9.75 Å². The lowest BCUT2D eigenvalue weighted by molar-refractivity contribution is -0.135. The Labute approximate surface area is 110 Å². The summed E-state index contributed by atoms with van der Waals surface area (Å²) in [7, 11) is 0. The SMILES string of the molecule is CCc1ccc(CNC(C)CCCC(F)(F)F)s1. The van der Waals surface area contributed by atoms with Gasteiger partial charge in [-0.1, -0.05) is 6.92 Å². The van der Waals surface area contributed by atoms with E-state index in [-0.39, 0.29) is 12.5 Å². The molecule has 0 aliphatic heterocycles. The standard InChI is InChI=1S/C13H20F3NS/c1-3-11-6-7-12(18-11)9-17-10(2)5-4-8-13(14,15)16/h6-7,10,17H,3-5,8-9H2,1-2H3. The van der Waals surface area contributed by atoms with Crippen LogP contribution in [0.4, 0.5) is 13.2 Å². The van der Waals surface area contributed by atoms with Crippen LogP contribution in [0.25, 0.3) is 0 Å². The van der Waals surface area contributed by atoms with Crippen LogP contribution in [0, 0.1) is 0 Å². The molecule has 1 aromatic rings. The van der Waals surface area contributed by atoms with Crippen molar-refractivity contribution in [3.8, 4) is 0 Å². The fourth-order valence-corrected chi connectivity index (χ4v) is 2.60. The minimum atomic E-state index is -4.02. The molecule has 0 aliphatic carbocycles. The minimum Gasteiger partial charge on any atom is -0.309 e. The van der Waals surface area contributed by atoms with Gasteiger partial charge in [-0.15, -0.1) is 11.3 Å². The summed E-state index contributed by atoms with van der Waals surface area (Å²) in [5.74, 6) is 0. The van der Waals surface area contributed by atoms with Crippen LogP contribution in [0.2, 0.25) is 0 Å². The summed E-state index contributed by atoms with van der Waals surface area (Å²) >= 11 is 1.76. The van der Waals surface area contributed by atoms with Crippen LogP contribution in [0.15, 0.2) is 12.1 Å². The second kappa shape index (κ2) is 7.14. The van der Waals surface area contributed by atoms with Crippen molar-refractivity contribution >= 4 is 11.3 Å². The molecule has 18 heavy (non-hydrogen) atoms. The largest absolute Gasteiger partial charge is 0.389 e. The van der Waals surface area contributed by atoms with Gasteiger partial charge in [-0.2, -0.15) is 13.2 Å². The van der Waals surface area contributed by atoms with Crippen molar-refractivity contribution in [1.29, 1.82) is 0 Å². The maximum absolute atomic E-state index is 12.0. The third kappa shape index (κ3) is 6.40. The molecular weight excluding hydrogens is 259 g/mol. The van der Waals surface area contributed by atoms with Crippen LogP contribution in [-0.4, -0.2) is 12.2 Å². The summed E-state index contributed by atoms with van der Waals surface area (Å²) in [6.45, 7) is 4.80. The maximum Gasteiger partial charge on any atom is 0.389 e. The predicted octanol–water partition coefficient (Wildman–Crippen LogP) is 4.52. The Balaban J connectivity index is 2.18. The number of hydrogen-bond acceptors (Lipinski definition) is 2. The first kappa shape index (κ1) is 15.5. The number of alkyl halides is 3. The first-order chi connectivity index (χ1) is 8.40. The Kier molecular flexibility index (Phi) is 6.15. The van der Waals surface area contributed by atoms with Crippen molar-refractivity contribution in [3.63, 3.8) is 0 Å². The maximum atomic E-state index is 12.0. The molecule has 0 saturated heterocycles. The first-order valence-electron chi connectivity index (χ1n) is 6.28. The second-order valence-corrected chi connectivity index (χ2v) is 5.76. The molecule has 0 aliphatic rings. The first-order valence-corrected chi connectivity index (χ1v) is 7.10. The molecule has 104 valence electrons. The third-order valence-electron chi connectivity index (χ3n) is 2.79. The van der Waals surface area contributed by atoms with Gasteiger partial charge < -0.3 is 5.32 Å². The number of nitrogens with one attached hydrogen (secondary N) is 1. The number of rotatable bonds is 7. The van der Waals surface area contributed by atoms with E-state index in [9.17, 15) is 13.2 Å². The van der Waals surface area contributed by atoms with Crippen LogP contribution in [-0.2, 0) is 13.0 Å². The molecule has 0 bridgehead atoms. The van der Waals surface area contributed by atoms with Crippen molar-refractivity contribution < 1.29 is 13.2 Å². The molecule has 0 spiro atoms. The average Bonchev–Trinajstić information content (AvgIpc) is 2.72. The van der Waals surface area contributed by atoms with Crippen molar-refractivity contribution in [3.05, 3.63) is 21.9 Å². The fourth-order valence-electron chi connectivity index (χ4n) is 1.69. The molecular formula is C13H20F3NS. The van der Waals surface area contributed by atoms with Crippen molar-refractivity contribution in [2.75, 3.05) is 0 Å². The van der Waals surface area contributed by atoms with E-state index in [2.05, 4.69) is 24.4 Å². The van der Waals surface area contributed by atoms with Gasteiger partial charge in [0, 0.05) is 28.8 Å². The van der Waals surface area contributed by atoms with Gasteiger partial charge in [0.15, 0.2) is 0 Å². The van der Waals surface area contributed by atoms with E-state index >= 15 is 0 Å². The molecule has 0 aromatic carbocycles. The molecule has 1 unspecified atom stereocenters. The highest BCUT2D eigenvalue weighted by Crippen LogP contribution is 2.23. The predicted molar refractivity (Wildman–Crippen MR) is 69.9 cm³/mol. The van der Waals surface area contributed by atoms with Crippen LogP contribution < -0.4 is 5.32 Å². The van der Waals surface area contributed by atoms with Crippen LogP contribution in [0.1, 0.15) is 42.9 Å². The lowest BCUT2D eigenvalue weighted by Crippen LogP contribution is -2.25. The zero-order valence-corrected chi connectivity index (χ0v) is 11.6. The quantitative estimate of drug-likeness (QED) is 0.773. The Morgan fingerprint density at radius 2 is 1.94 bits per heavy atom. The summed E-state index contributed by atoms with van der Waals surface area (Å²) in [4.78, 5) is 2.59. The second-order valence-electron chi connectivity index (χ2n) is 4.51. The average molecular weight is 279 g/mol. The highest BCUT2D eigenvalue weighted by molar-refractivity contribution is 7.11. The monoisotopic (exact) mass is 279 g/mol. The number of halogens is 3. The number of aryl methyl sites for hydroxylation is 1. The molecule has 1 heterocycles. The molecule has 0 amide bonds. The zero-order chi connectivity index (χ0) is 13.6. The van der Waals surface area contributed by atoms with Gasteiger partial charge in [0.25, 0.3) is 0 Å². The summed E-state index contributed by atoms with van der Waals surface area (Å²) < 4.78 is 35.9. The topological polar surface area (TPSA) is 12.0 Å². The lowest BCUT2D eigenvalue weighted by Gasteiger charge is -2.13. The van der Waals surface area contributed by atoms with Crippen LogP contribution in [0.5, 0.6) is 0 Å². The summed E-state index contributed by atoms with van der Waals surface area (Å²) in [6, 6.07) is 4.31. The Morgan fingerprint density at radius 3 is 2.50 bits per heavy atom. The number of hydrogen-bond donors (Lipinski definition) is 1. The van der Waals surface area contributed by atoms with Gasteiger partial charge in [0.1, 0.15) is 0 Å². The molecule has 0 fully saturated rings. The van der Waals surface area contributed by atoms with Gasteiger partial charge in [0.05, 0.1) is 0 Å². The van der Waals surface area contributed by atoms with Gasteiger partial charge >= 0.3 is 6.18 Å². The lowest BCUT2D eigenvalue weighted by atomic mass is 10.1. The summed E-state index contributed by atoms with van der Waals surface area (Å²) in [5, 5.41) is 3.27. The van der Waals surface area contributed by atoms with E-state index < -0.39 is 12.6 Å². The van der Waals surface area contributed by atoms with E-state index in [4.69, 9.17) is 0 Å². The smallest absolute Gasteiger partial charge is 0.309 e. The van der Waals surface area contributed by atoms with E-state index in [0.717, 1.165) is 13.0 Å². The molecule has 0 radical (unpaired) electrons. The van der Waals surface area contributed by atoms with Gasteiger partial charge in [0.2, 0.25) is 0 Å². The normalized spacial score (nSPS) is 13.8. The van der Waals surface area contributed by atoms with Crippen LogP contribution >= 0.6 is 11.3 Å². The third-order valence-corrected chi connectivity index (χ3v) is 4.02. The minimum absolute atomic E-state index is 0.125. The van der Waals surface area contributed by atoms with Gasteiger partial charge in [-0.05, 0) is 38.3 Å². The Morgan fingerprint density at radius 1 is 1.28 bits per heavy atom. The number of thiophene rings is 1. The fraction of sp³-hybridized carbons (Fsp3) is 0.692. The van der Waals surface area contributed by atoms with E-state index in [1.54, 1.807) is 11.3 Å². The molecule has 1 N–H and O–H groups in total. The van der Waals surface area contributed by atoms with Crippen molar-refractivity contribution in [1.82, 2.24) is 5.32 Å². The van der Waals surface area contributed by atoms with Crippen LogP contribution in [0.3, 0.4) is 0 Å². The zero-order valence-electron chi connectivity index (χ0n) is 10.8. The van der Waals surface area contributed by atoms with Crippen molar-refractivity contribution in [2.45, 2.75) is 58.3 Å². The molecule has 0 saturated carbocycles. The van der Waals surface area contributed by atoms with E-state index in [1.807, 2.05) is 6.92 Å². The molecule has 1 aromatic heterocycles. The Hall–Kier alpha value is -0.550. The van der Waals surface area contributed by atoms with Gasteiger partial charge in [-0.25, -0.2) is 0 Å². The highest BCUT2D eigenvalue weighted by atomic mass is 32.1. The van der Waals surface area contributed by atoms with Gasteiger partial charge in [-0.3, -0.25) is 0 Å². The summed E-state index contributed by atoms with van der Waals surface area (Å²) in [5.41, 5.74) is 0. The highest BCUT2D eigenvalue weighted by Gasteiger charge is 2.26. The van der Waals surface area contributed by atoms with Crippen molar-refractivity contribution in [2.24, 2.45) is 0 Å². The molecule has 1 nitrogen and oxygen atoms in total. The van der Waals surface area contributed by atoms with E-state index in [0.29, 0.717) is 6.42 Å². The summed E-state index contributed by atoms with van der Waals surface area (Å²) in [6.07, 6.45) is -2.92. The molecule has 1 rings (SSSR count). The molecule has 1 atom stereocenters. The Bertz CT molecular complexity index is 346. The molecule has 5 heteroatoms.